The Hall–Kier alpha value is -1.36. The van der Waals surface area contributed by atoms with Gasteiger partial charge in [-0.3, -0.25) is 4.79 Å². The van der Waals surface area contributed by atoms with Crippen molar-refractivity contribution in [2.24, 2.45) is 11.3 Å². The Morgan fingerprint density at radius 1 is 1.26 bits per heavy atom. The number of aryl methyl sites for hydroxylation is 1. The van der Waals surface area contributed by atoms with Gasteiger partial charge in [0.15, 0.2) is 5.89 Å². The second kappa shape index (κ2) is 5.62. The first-order valence-corrected chi connectivity index (χ1v) is 8.97. The monoisotopic (exact) mass is 317 g/mol. The largest absolute Gasteiger partial charge is 0.446 e. The molecule has 2 saturated heterocycles. The highest BCUT2D eigenvalue weighted by molar-refractivity contribution is 5.80. The van der Waals surface area contributed by atoms with Crippen molar-refractivity contribution in [2.45, 2.75) is 44.9 Å². The van der Waals surface area contributed by atoms with Crippen LogP contribution >= 0.6 is 0 Å². The number of hydrogen-bond donors (Lipinski definition) is 0. The summed E-state index contributed by atoms with van der Waals surface area (Å²) in [5.74, 6) is 2.72. The van der Waals surface area contributed by atoms with Gasteiger partial charge < -0.3 is 14.2 Å². The highest BCUT2D eigenvalue weighted by Crippen LogP contribution is 2.49. The first kappa shape index (κ1) is 15.2. The zero-order chi connectivity index (χ0) is 16.0. The third-order valence-electron chi connectivity index (χ3n) is 6.03. The molecular formula is C18H27N3O2. The average molecular weight is 317 g/mol. The summed E-state index contributed by atoms with van der Waals surface area (Å²) in [6, 6.07) is 0. The summed E-state index contributed by atoms with van der Waals surface area (Å²) in [7, 11) is 2.16. The van der Waals surface area contributed by atoms with E-state index in [1.807, 2.05) is 13.1 Å². The van der Waals surface area contributed by atoms with Gasteiger partial charge in [-0.2, -0.15) is 0 Å². The average Bonchev–Trinajstić information content (AvgIpc) is 3.09. The van der Waals surface area contributed by atoms with Gasteiger partial charge in [0, 0.05) is 37.5 Å². The molecule has 3 heterocycles. The molecule has 1 spiro atoms. The summed E-state index contributed by atoms with van der Waals surface area (Å²) in [6.07, 6.45) is 7.72. The molecule has 1 aromatic heterocycles. The van der Waals surface area contributed by atoms with Gasteiger partial charge in [0.1, 0.15) is 5.76 Å². The van der Waals surface area contributed by atoms with Crippen LogP contribution in [0.3, 0.4) is 0 Å². The number of likely N-dealkylation sites (N-methyl/N-ethyl adjacent to an activating group) is 1. The smallest absolute Gasteiger partial charge is 0.225 e. The lowest BCUT2D eigenvalue weighted by Gasteiger charge is -2.51. The van der Waals surface area contributed by atoms with E-state index >= 15 is 0 Å². The number of likely N-dealkylation sites (tertiary alicyclic amines) is 2. The molecule has 3 aliphatic rings. The highest BCUT2D eigenvalue weighted by atomic mass is 16.4. The van der Waals surface area contributed by atoms with E-state index in [0.29, 0.717) is 11.8 Å². The number of rotatable bonds is 2. The van der Waals surface area contributed by atoms with Gasteiger partial charge in [-0.05, 0) is 26.8 Å². The predicted molar refractivity (Wildman–Crippen MR) is 87.1 cm³/mol. The van der Waals surface area contributed by atoms with Gasteiger partial charge in [-0.25, -0.2) is 4.98 Å². The maximum atomic E-state index is 12.7. The lowest BCUT2D eigenvalue weighted by atomic mass is 9.70. The maximum Gasteiger partial charge on any atom is 0.225 e. The molecule has 2 aliphatic heterocycles. The Morgan fingerprint density at radius 2 is 2.00 bits per heavy atom. The molecule has 1 unspecified atom stereocenters. The Bertz CT molecular complexity index is 585. The van der Waals surface area contributed by atoms with E-state index in [0.717, 1.165) is 50.7 Å². The minimum atomic E-state index is 0.149. The van der Waals surface area contributed by atoms with Gasteiger partial charge in [-0.1, -0.05) is 19.3 Å². The fraction of sp³-hybridized carbons (Fsp3) is 0.778. The van der Waals surface area contributed by atoms with Crippen LogP contribution in [0.1, 0.15) is 49.7 Å². The normalized spacial score (nSPS) is 28.3. The number of carbonyl (C=O) groups excluding carboxylic acids is 1. The molecule has 1 aliphatic carbocycles. The molecule has 1 amide bonds. The summed E-state index contributed by atoms with van der Waals surface area (Å²) in [6.45, 7) is 5.71. The zero-order valence-electron chi connectivity index (χ0n) is 14.3. The van der Waals surface area contributed by atoms with E-state index in [4.69, 9.17) is 4.42 Å². The first-order valence-electron chi connectivity index (χ1n) is 8.97. The van der Waals surface area contributed by atoms with E-state index in [1.165, 1.54) is 19.3 Å². The maximum absolute atomic E-state index is 12.7. The number of hydrogen-bond acceptors (Lipinski definition) is 4. The van der Waals surface area contributed by atoms with Gasteiger partial charge in [0.25, 0.3) is 0 Å². The molecule has 0 aromatic carbocycles. The standard InChI is InChI=1S/C18H27N3O2/c1-13-8-19-16(23-13)15-9-20(2)10-18(15)11-21(12-18)17(22)14-6-4-3-5-7-14/h8,14-15H,3-7,9-12H2,1-2H3. The summed E-state index contributed by atoms with van der Waals surface area (Å²) in [4.78, 5) is 21.6. The first-order chi connectivity index (χ1) is 11.1. The van der Waals surface area contributed by atoms with E-state index in [9.17, 15) is 4.79 Å². The Morgan fingerprint density at radius 3 is 2.65 bits per heavy atom. The third-order valence-corrected chi connectivity index (χ3v) is 6.03. The molecule has 1 saturated carbocycles. The van der Waals surface area contributed by atoms with Crippen LogP contribution in [0, 0.1) is 18.3 Å². The summed E-state index contributed by atoms with van der Waals surface area (Å²) in [5, 5.41) is 0. The fourth-order valence-electron chi connectivity index (χ4n) is 4.89. The molecule has 0 radical (unpaired) electrons. The molecule has 5 nitrogen and oxygen atoms in total. The van der Waals surface area contributed by atoms with E-state index < -0.39 is 0 Å². The van der Waals surface area contributed by atoms with Gasteiger partial charge in [-0.15, -0.1) is 0 Å². The van der Waals surface area contributed by atoms with Crippen molar-refractivity contribution in [3.63, 3.8) is 0 Å². The third kappa shape index (κ3) is 2.59. The predicted octanol–water partition coefficient (Wildman–Crippen LogP) is 2.42. The van der Waals surface area contributed by atoms with Crippen molar-refractivity contribution in [3.05, 3.63) is 17.8 Å². The van der Waals surface area contributed by atoms with E-state index in [-0.39, 0.29) is 11.3 Å². The minimum Gasteiger partial charge on any atom is -0.446 e. The fourth-order valence-corrected chi connectivity index (χ4v) is 4.89. The van der Waals surface area contributed by atoms with Gasteiger partial charge >= 0.3 is 0 Å². The van der Waals surface area contributed by atoms with Crippen LogP contribution in [-0.2, 0) is 4.79 Å². The summed E-state index contributed by atoms with van der Waals surface area (Å²) in [5.41, 5.74) is 0.149. The molecule has 5 heteroatoms. The van der Waals surface area contributed by atoms with Gasteiger partial charge in [0.2, 0.25) is 5.91 Å². The van der Waals surface area contributed by atoms with Crippen molar-refractivity contribution in [3.8, 4) is 0 Å². The van der Waals surface area contributed by atoms with Crippen molar-refractivity contribution in [1.82, 2.24) is 14.8 Å². The van der Waals surface area contributed by atoms with Crippen molar-refractivity contribution >= 4 is 5.91 Å². The topological polar surface area (TPSA) is 49.6 Å². The van der Waals surface area contributed by atoms with E-state index in [1.54, 1.807) is 0 Å². The van der Waals surface area contributed by atoms with Crippen LogP contribution in [0.15, 0.2) is 10.6 Å². The lowest BCUT2D eigenvalue weighted by molar-refractivity contribution is -0.149. The number of nitrogens with zero attached hydrogens (tertiary/aromatic N) is 3. The van der Waals surface area contributed by atoms with Gasteiger partial charge in [0.05, 0.1) is 12.1 Å². The number of carbonyl (C=O) groups is 1. The molecule has 1 atom stereocenters. The van der Waals surface area contributed by atoms with Crippen LogP contribution in [0.5, 0.6) is 0 Å². The minimum absolute atomic E-state index is 0.149. The Kier molecular flexibility index (Phi) is 3.71. The molecular weight excluding hydrogens is 290 g/mol. The van der Waals surface area contributed by atoms with Crippen molar-refractivity contribution in [1.29, 1.82) is 0 Å². The molecule has 3 fully saturated rings. The SMILES string of the molecule is Cc1cnc(C2CN(C)CC23CN(C(=O)C2CCCCC2)C3)o1. The van der Waals surface area contributed by atoms with Crippen LogP contribution in [-0.4, -0.2) is 53.9 Å². The quantitative estimate of drug-likeness (QED) is 0.840. The Balaban J connectivity index is 1.46. The molecule has 0 bridgehead atoms. The Labute approximate surface area is 138 Å². The van der Waals surface area contributed by atoms with Crippen LogP contribution < -0.4 is 0 Å². The summed E-state index contributed by atoms with van der Waals surface area (Å²) < 4.78 is 5.82. The number of aromatic nitrogens is 1. The molecule has 23 heavy (non-hydrogen) atoms. The number of amides is 1. The second-order valence-corrected chi connectivity index (χ2v) is 7.95. The lowest BCUT2D eigenvalue weighted by Crippen LogP contribution is -2.62. The molecule has 4 rings (SSSR count). The molecule has 1 aromatic rings. The van der Waals surface area contributed by atoms with E-state index in [2.05, 4.69) is 21.8 Å². The molecule has 0 N–H and O–H groups in total. The number of oxazole rings is 1. The van der Waals surface area contributed by atoms with Crippen LogP contribution in [0.25, 0.3) is 0 Å². The van der Waals surface area contributed by atoms with Crippen LogP contribution in [0.2, 0.25) is 0 Å². The summed E-state index contributed by atoms with van der Waals surface area (Å²) >= 11 is 0. The zero-order valence-corrected chi connectivity index (χ0v) is 14.3. The van der Waals surface area contributed by atoms with Crippen LogP contribution in [0.4, 0.5) is 0 Å². The second-order valence-electron chi connectivity index (χ2n) is 7.95. The molecule has 126 valence electrons. The van der Waals surface area contributed by atoms with Crippen molar-refractivity contribution in [2.75, 3.05) is 33.2 Å². The highest BCUT2D eigenvalue weighted by Gasteiger charge is 2.57. The van der Waals surface area contributed by atoms with Crippen molar-refractivity contribution < 1.29 is 9.21 Å².